The molecule has 0 amide bonds. The van der Waals surface area contributed by atoms with Crippen molar-refractivity contribution < 1.29 is 58.2 Å². The van der Waals surface area contributed by atoms with Crippen molar-refractivity contribution in [2.45, 2.75) is 212 Å². The maximum Gasteiger partial charge on any atom is 0.335 e. The van der Waals surface area contributed by atoms with Crippen LogP contribution in [0.5, 0.6) is 0 Å². The largest absolute Gasteiger partial charge is 0.479 e. The van der Waals surface area contributed by atoms with Gasteiger partial charge in [-0.3, -0.25) is 14.4 Å². The fraction of sp³-hybridized carbons (Fsp3) is 0.593. The summed E-state index contributed by atoms with van der Waals surface area (Å²) in [6.45, 7) is 5.56. The predicted molar refractivity (Wildman–Crippen MR) is 284 cm³/mol. The number of hydrogen-bond acceptors (Lipinski definition) is 11. The first kappa shape index (κ1) is 64.1. The lowest BCUT2D eigenvalue weighted by atomic mass is 9.98. The van der Waals surface area contributed by atoms with E-state index >= 15 is 0 Å². The van der Waals surface area contributed by atoms with Gasteiger partial charge in [0.15, 0.2) is 24.6 Å². The second-order valence-corrected chi connectivity index (χ2v) is 17.4. The van der Waals surface area contributed by atoms with Gasteiger partial charge in [-0.1, -0.05) is 174 Å². The second-order valence-electron chi connectivity index (χ2n) is 17.4. The molecule has 71 heavy (non-hydrogen) atoms. The Kier molecular flexibility index (Phi) is 41.7. The van der Waals surface area contributed by atoms with Crippen LogP contribution < -0.4 is 0 Å². The Hall–Kier alpha value is -4.88. The average molecular weight is 991 g/mol. The van der Waals surface area contributed by atoms with Crippen molar-refractivity contribution >= 4 is 23.9 Å². The van der Waals surface area contributed by atoms with Crippen molar-refractivity contribution in [2.24, 2.45) is 0 Å². The van der Waals surface area contributed by atoms with Crippen LogP contribution in [0.4, 0.5) is 0 Å². The Morgan fingerprint density at radius 3 is 1.46 bits per heavy atom. The summed E-state index contributed by atoms with van der Waals surface area (Å²) in [5.41, 5.74) is 0. The molecule has 0 aromatic carbocycles. The fourth-order valence-electron chi connectivity index (χ4n) is 6.98. The molecule has 0 bridgehead atoms. The van der Waals surface area contributed by atoms with Crippen LogP contribution in [0.15, 0.2) is 122 Å². The minimum atomic E-state index is -1.93. The number of hydrogen-bond donors (Lipinski definition) is 3. The van der Waals surface area contributed by atoms with Gasteiger partial charge in [-0.15, -0.1) is 0 Å². The second kappa shape index (κ2) is 46.2. The molecule has 1 aliphatic rings. The van der Waals surface area contributed by atoms with Crippen molar-refractivity contribution in [3.05, 3.63) is 122 Å². The summed E-state index contributed by atoms with van der Waals surface area (Å²) in [4.78, 5) is 50.8. The molecule has 1 saturated heterocycles. The summed E-state index contributed by atoms with van der Waals surface area (Å²) in [6, 6.07) is 0. The zero-order chi connectivity index (χ0) is 51.8. The number of carboxylic acids is 1. The molecule has 3 N–H and O–H groups in total. The topological polar surface area (TPSA) is 175 Å². The van der Waals surface area contributed by atoms with Gasteiger partial charge >= 0.3 is 23.9 Å². The van der Waals surface area contributed by atoms with Gasteiger partial charge in [-0.2, -0.15) is 0 Å². The third-order valence-corrected chi connectivity index (χ3v) is 11.0. The molecule has 12 nitrogen and oxygen atoms in total. The number of allylic oxidation sites excluding steroid dienone is 20. The molecule has 12 heteroatoms. The molecule has 0 saturated carbocycles. The van der Waals surface area contributed by atoms with Crippen LogP contribution >= 0.6 is 0 Å². The standard InChI is InChI=1S/C59H90O12/c1-4-7-10-13-16-19-22-24-25-26-27-29-31-33-36-39-42-45-51(60)67-48-50(69-52(61)46-43-40-37-35-32-28-23-20-17-14-11-8-5-2)49-68-59-57(55(64)54(63)56(71-59)58(65)66)70-53(62)47-44-41-38-34-30-21-18-15-12-9-6-3/h7-8,10-11,15-20,24-25,27-29,32-33,36-37,40,50,54-57,59,63-64H,4-6,9,12-14,21-23,26,30-31,34-35,38-39,41-49H2,1-3H3,(H,65,66)/b10-7-,11-8-,18-15-,19-16-,20-17-,25-24-,29-27-,32-28-,36-33-,40-37-. The van der Waals surface area contributed by atoms with Crippen LogP contribution in [0.3, 0.4) is 0 Å². The highest BCUT2D eigenvalue weighted by Crippen LogP contribution is 2.26. The molecule has 0 aromatic heterocycles. The minimum Gasteiger partial charge on any atom is -0.479 e. The predicted octanol–water partition coefficient (Wildman–Crippen LogP) is 12.9. The van der Waals surface area contributed by atoms with Crippen molar-refractivity contribution in [3.8, 4) is 0 Å². The van der Waals surface area contributed by atoms with Gasteiger partial charge in [0, 0.05) is 19.3 Å². The quantitative estimate of drug-likeness (QED) is 0.0229. The van der Waals surface area contributed by atoms with Crippen molar-refractivity contribution in [1.82, 2.24) is 0 Å². The SMILES string of the molecule is CC/C=C\C/C=C\C/C=C\C/C=C\C/C=C\CCCC(=O)OCC(COC1OC(C(=O)O)C(O)C(O)C1OC(=O)CCCCCCC/C=C\CCCC)OC(=O)CC/C=C\C/C=C\C/C=C\C/C=C\CC. The zero-order valence-corrected chi connectivity index (χ0v) is 43.4. The zero-order valence-electron chi connectivity index (χ0n) is 43.4. The van der Waals surface area contributed by atoms with Crippen LogP contribution in [0, 0.1) is 0 Å². The lowest BCUT2D eigenvalue weighted by Crippen LogP contribution is -2.61. The van der Waals surface area contributed by atoms with E-state index in [1.165, 1.54) is 12.8 Å². The van der Waals surface area contributed by atoms with Gasteiger partial charge in [0.25, 0.3) is 0 Å². The number of unbranched alkanes of at least 4 members (excludes halogenated alkanes) is 8. The molecule has 1 aliphatic heterocycles. The van der Waals surface area contributed by atoms with Crippen molar-refractivity contribution in [2.75, 3.05) is 13.2 Å². The monoisotopic (exact) mass is 991 g/mol. The molecule has 0 radical (unpaired) electrons. The lowest BCUT2D eigenvalue weighted by Gasteiger charge is -2.40. The highest BCUT2D eigenvalue weighted by Gasteiger charge is 2.50. The maximum atomic E-state index is 13.0. The molecule has 1 fully saturated rings. The fourth-order valence-corrected chi connectivity index (χ4v) is 6.98. The van der Waals surface area contributed by atoms with Crippen LogP contribution in [0.25, 0.3) is 0 Å². The number of carbonyl (C=O) groups is 4. The van der Waals surface area contributed by atoms with Crippen LogP contribution in [-0.2, 0) is 42.9 Å². The number of esters is 3. The third-order valence-electron chi connectivity index (χ3n) is 11.0. The Labute approximate surface area is 427 Å². The summed E-state index contributed by atoms with van der Waals surface area (Å²) in [5, 5.41) is 31.3. The Morgan fingerprint density at radius 2 is 0.930 bits per heavy atom. The van der Waals surface area contributed by atoms with Crippen LogP contribution in [-0.4, -0.2) is 89.2 Å². The van der Waals surface area contributed by atoms with Crippen LogP contribution in [0.2, 0.25) is 0 Å². The van der Waals surface area contributed by atoms with E-state index in [0.29, 0.717) is 32.1 Å². The number of aliphatic hydroxyl groups is 2. The number of carboxylic acid groups (broad SMARTS) is 1. The van der Waals surface area contributed by atoms with E-state index in [9.17, 15) is 34.5 Å². The average Bonchev–Trinajstić information content (AvgIpc) is 3.35. The molecule has 6 atom stereocenters. The van der Waals surface area contributed by atoms with E-state index in [2.05, 4.69) is 112 Å². The van der Waals surface area contributed by atoms with E-state index in [1.807, 2.05) is 30.4 Å². The van der Waals surface area contributed by atoms with Crippen LogP contribution in [0.1, 0.15) is 175 Å². The molecule has 1 heterocycles. The van der Waals surface area contributed by atoms with Gasteiger partial charge in [0.2, 0.25) is 0 Å². The Morgan fingerprint density at radius 1 is 0.479 bits per heavy atom. The summed E-state index contributed by atoms with van der Waals surface area (Å²) in [7, 11) is 0. The van der Waals surface area contributed by atoms with Gasteiger partial charge in [0.05, 0.1) is 6.61 Å². The molecular weight excluding hydrogens is 901 g/mol. The van der Waals surface area contributed by atoms with Gasteiger partial charge < -0.3 is 39.0 Å². The molecule has 1 rings (SSSR count). The van der Waals surface area contributed by atoms with E-state index in [1.54, 1.807) is 0 Å². The van der Waals surface area contributed by atoms with Gasteiger partial charge in [-0.05, 0) is 103 Å². The summed E-state index contributed by atoms with van der Waals surface area (Å²) in [6.07, 6.45) is 50.7. The lowest BCUT2D eigenvalue weighted by molar-refractivity contribution is -0.301. The summed E-state index contributed by atoms with van der Waals surface area (Å²) in [5.74, 6) is -3.35. The van der Waals surface area contributed by atoms with E-state index in [-0.39, 0.29) is 25.9 Å². The Bertz CT molecular complexity index is 1700. The van der Waals surface area contributed by atoms with E-state index in [0.717, 1.165) is 89.9 Å². The van der Waals surface area contributed by atoms with Crippen molar-refractivity contribution in [1.29, 1.82) is 0 Å². The first-order valence-electron chi connectivity index (χ1n) is 26.5. The van der Waals surface area contributed by atoms with Crippen molar-refractivity contribution in [3.63, 3.8) is 0 Å². The van der Waals surface area contributed by atoms with Gasteiger partial charge in [0.1, 0.15) is 18.8 Å². The highest BCUT2D eigenvalue weighted by molar-refractivity contribution is 5.74. The van der Waals surface area contributed by atoms with E-state index in [4.69, 9.17) is 23.7 Å². The van der Waals surface area contributed by atoms with E-state index < -0.39 is 67.3 Å². The smallest absolute Gasteiger partial charge is 0.335 e. The number of rotatable bonds is 42. The molecular formula is C59H90O12. The molecule has 398 valence electrons. The molecule has 0 spiro atoms. The Balaban J connectivity index is 2.82. The maximum absolute atomic E-state index is 13.0. The minimum absolute atomic E-state index is 0.0220. The highest BCUT2D eigenvalue weighted by atomic mass is 16.7. The number of aliphatic hydroxyl groups excluding tert-OH is 2. The number of carbonyl (C=O) groups excluding carboxylic acids is 3. The first-order chi connectivity index (χ1) is 34.6. The first-order valence-corrected chi connectivity index (χ1v) is 26.5. The normalized spacial score (nSPS) is 19.5. The summed E-state index contributed by atoms with van der Waals surface area (Å²) < 4.78 is 28.1. The molecule has 0 aromatic rings. The number of aliphatic carboxylic acids is 1. The third kappa shape index (κ3) is 36.7. The molecule has 6 unspecified atom stereocenters. The number of ether oxygens (including phenoxy) is 5. The molecule has 0 aliphatic carbocycles. The summed E-state index contributed by atoms with van der Waals surface area (Å²) >= 11 is 0. The van der Waals surface area contributed by atoms with Gasteiger partial charge in [-0.25, -0.2) is 4.79 Å².